The smallest absolute Gasteiger partial charge is 0.143 e. The number of para-hydroxylation sites is 2. The summed E-state index contributed by atoms with van der Waals surface area (Å²) in [6.07, 6.45) is 0. The lowest BCUT2D eigenvalue weighted by Gasteiger charge is -2.29. The molecule has 2 heterocycles. The van der Waals surface area contributed by atoms with Crippen molar-refractivity contribution in [3.63, 3.8) is 0 Å². The van der Waals surface area contributed by atoms with E-state index in [-0.39, 0.29) is 0 Å². The van der Waals surface area contributed by atoms with Crippen molar-refractivity contribution in [1.29, 1.82) is 0 Å². The van der Waals surface area contributed by atoms with Crippen LogP contribution in [0.5, 0.6) is 0 Å². The van der Waals surface area contributed by atoms with Crippen molar-refractivity contribution < 1.29 is 4.42 Å². The molecule has 332 valence electrons. The first kappa shape index (κ1) is 40.6. The molecular formula is C68H44N2O. The fourth-order valence-electron chi connectivity index (χ4n) is 11.0. The summed E-state index contributed by atoms with van der Waals surface area (Å²) in [6, 6.07) is 96.8. The summed E-state index contributed by atoms with van der Waals surface area (Å²) < 4.78 is 9.07. The molecule has 0 saturated heterocycles. The van der Waals surface area contributed by atoms with Crippen molar-refractivity contribution in [3.8, 4) is 50.2 Å². The Bertz CT molecular complexity index is 4300. The second kappa shape index (κ2) is 16.7. The van der Waals surface area contributed by atoms with Gasteiger partial charge in [-0.15, -0.1) is 0 Å². The average Bonchev–Trinajstić information content (AvgIpc) is 4.00. The number of benzene rings is 12. The Kier molecular flexibility index (Phi) is 9.53. The van der Waals surface area contributed by atoms with E-state index in [4.69, 9.17) is 4.42 Å². The van der Waals surface area contributed by atoms with Crippen LogP contribution < -0.4 is 4.90 Å². The molecule has 0 aliphatic rings. The fourth-order valence-corrected chi connectivity index (χ4v) is 11.0. The Morgan fingerprint density at radius 1 is 0.310 bits per heavy atom. The van der Waals surface area contributed by atoms with Gasteiger partial charge in [0.2, 0.25) is 0 Å². The summed E-state index contributed by atoms with van der Waals surface area (Å²) in [5, 5.41) is 9.49. The van der Waals surface area contributed by atoms with Crippen molar-refractivity contribution in [3.05, 3.63) is 267 Å². The number of nitrogens with zero attached hydrogens (tertiary/aromatic N) is 2. The largest absolute Gasteiger partial charge is 0.455 e. The van der Waals surface area contributed by atoms with Gasteiger partial charge < -0.3 is 13.9 Å². The minimum absolute atomic E-state index is 0.879. The zero-order chi connectivity index (χ0) is 46.8. The van der Waals surface area contributed by atoms with Gasteiger partial charge >= 0.3 is 0 Å². The lowest BCUT2D eigenvalue weighted by molar-refractivity contribution is 0.673. The number of rotatable bonds is 8. The minimum Gasteiger partial charge on any atom is -0.455 e. The quantitative estimate of drug-likeness (QED) is 0.151. The van der Waals surface area contributed by atoms with E-state index < -0.39 is 0 Å². The molecule has 12 aromatic carbocycles. The first-order valence-electron chi connectivity index (χ1n) is 24.3. The van der Waals surface area contributed by atoms with Crippen molar-refractivity contribution in [2.45, 2.75) is 0 Å². The van der Waals surface area contributed by atoms with Crippen LogP contribution in [0, 0.1) is 0 Å². The van der Waals surface area contributed by atoms with Crippen molar-refractivity contribution in [2.75, 3.05) is 4.90 Å². The molecule has 71 heavy (non-hydrogen) atoms. The molecule has 0 amide bonds. The van der Waals surface area contributed by atoms with Crippen LogP contribution in [0.25, 0.3) is 115 Å². The maximum atomic E-state index is 6.68. The summed E-state index contributed by atoms with van der Waals surface area (Å²) in [7, 11) is 0. The summed E-state index contributed by atoms with van der Waals surface area (Å²) >= 11 is 0. The first-order chi connectivity index (χ1) is 35.2. The van der Waals surface area contributed by atoms with Gasteiger partial charge in [-0.1, -0.05) is 188 Å². The predicted octanol–water partition coefficient (Wildman–Crippen LogP) is 19.1. The molecule has 14 aromatic rings. The van der Waals surface area contributed by atoms with Gasteiger partial charge in [-0.2, -0.15) is 0 Å². The monoisotopic (exact) mass is 904 g/mol. The number of anilines is 3. The van der Waals surface area contributed by atoms with Crippen molar-refractivity contribution in [2.24, 2.45) is 0 Å². The summed E-state index contributed by atoms with van der Waals surface area (Å²) in [5.74, 6) is 0. The molecule has 3 nitrogen and oxygen atoms in total. The second-order valence-corrected chi connectivity index (χ2v) is 18.5. The van der Waals surface area contributed by atoms with E-state index in [1.165, 1.54) is 43.5 Å². The normalized spacial score (nSPS) is 11.7. The highest BCUT2D eigenvalue weighted by atomic mass is 16.3. The molecule has 0 bridgehead atoms. The molecule has 0 fully saturated rings. The van der Waals surface area contributed by atoms with Gasteiger partial charge in [0.15, 0.2) is 0 Å². The Morgan fingerprint density at radius 3 is 1.73 bits per heavy atom. The molecule has 0 spiro atoms. The Hall–Kier alpha value is -9.44. The predicted molar refractivity (Wildman–Crippen MR) is 299 cm³/mol. The third-order valence-corrected chi connectivity index (χ3v) is 14.4. The SMILES string of the molecule is c1ccc(-c2cc(-c3ccc4ccccc4c3)ccc2N(c2ccc(-c3cccc(-n4c5ccccc5c5ccccc54)c3)cc2)c2cccc(-c3cccc4oc5c6ccccc6ccc5c34)c2)cc1. The number of hydrogen-bond donors (Lipinski definition) is 0. The molecule has 0 radical (unpaired) electrons. The maximum Gasteiger partial charge on any atom is 0.143 e. The number of furan rings is 1. The van der Waals surface area contributed by atoms with Gasteiger partial charge in [0, 0.05) is 49.6 Å². The lowest BCUT2D eigenvalue weighted by atomic mass is 9.94. The van der Waals surface area contributed by atoms with Crippen LogP contribution in [0.2, 0.25) is 0 Å². The van der Waals surface area contributed by atoms with Gasteiger partial charge in [0.05, 0.1) is 16.7 Å². The Morgan fingerprint density at radius 2 is 0.915 bits per heavy atom. The lowest BCUT2D eigenvalue weighted by Crippen LogP contribution is -2.11. The van der Waals surface area contributed by atoms with E-state index in [1.54, 1.807) is 0 Å². The van der Waals surface area contributed by atoms with Crippen molar-refractivity contribution >= 4 is 82.4 Å². The number of fused-ring (bicyclic) bond motifs is 9. The van der Waals surface area contributed by atoms with Gasteiger partial charge in [0.1, 0.15) is 11.2 Å². The Balaban J connectivity index is 0.933. The minimum atomic E-state index is 0.879. The molecule has 2 aromatic heterocycles. The van der Waals surface area contributed by atoms with E-state index >= 15 is 0 Å². The van der Waals surface area contributed by atoms with Crippen LogP contribution in [0.4, 0.5) is 17.1 Å². The number of aromatic nitrogens is 1. The first-order valence-corrected chi connectivity index (χ1v) is 24.3. The van der Waals surface area contributed by atoms with Crippen LogP contribution >= 0.6 is 0 Å². The highest BCUT2D eigenvalue weighted by Crippen LogP contribution is 2.46. The van der Waals surface area contributed by atoms with E-state index in [2.05, 4.69) is 276 Å². The van der Waals surface area contributed by atoms with Gasteiger partial charge in [-0.3, -0.25) is 0 Å². The van der Waals surface area contributed by atoms with Gasteiger partial charge in [-0.05, 0) is 134 Å². The maximum absolute atomic E-state index is 6.68. The third kappa shape index (κ3) is 6.89. The zero-order valence-electron chi connectivity index (χ0n) is 38.7. The molecule has 0 N–H and O–H groups in total. The highest BCUT2D eigenvalue weighted by molar-refractivity contribution is 6.19. The molecule has 0 atom stereocenters. The summed E-state index contributed by atoms with van der Waals surface area (Å²) in [4.78, 5) is 2.43. The van der Waals surface area contributed by atoms with E-state index in [9.17, 15) is 0 Å². The van der Waals surface area contributed by atoms with E-state index in [0.717, 1.165) is 89.0 Å². The topological polar surface area (TPSA) is 21.3 Å². The van der Waals surface area contributed by atoms with Crippen LogP contribution in [0.15, 0.2) is 271 Å². The van der Waals surface area contributed by atoms with E-state index in [1.807, 2.05) is 0 Å². The second-order valence-electron chi connectivity index (χ2n) is 18.5. The van der Waals surface area contributed by atoms with Crippen LogP contribution in [0.3, 0.4) is 0 Å². The molecule has 0 saturated carbocycles. The van der Waals surface area contributed by atoms with Crippen LogP contribution in [0.1, 0.15) is 0 Å². The summed E-state index contributed by atoms with van der Waals surface area (Å²) in [6.45, 7) is 0. The fraction of sp³-hybridized carbons (Fsp3) is 0. The molecule has 0 aliphatic heterocycles. The number of hydrogen-bond acceptors (Lipinski definition) is 2. The zero-order valence-corrected chi connectivity index (χ0v) is 38.7. The molecule has 0 aliphatic carbocycles. The van der Waals surface area contributed by atoms with Gasteiger partial charge in [0.25, 0.3) is 0 Å². The van der Waals surface area contributed by atoms with Crippen LogP contribution in [-0.2, 0) is 0 Å². The molecule has 3 heteroatoms. The highest BCUT2D eigenvalue weighted by Gasteiger charge is 2.21. The average molecular weight is 905 g/mol. The molecule has 0 unspecified atom stereocenters. The summed E-state index contributed by atoms with van der Waals surface area (Å²) in [5.41, 5.74) is 17.7. The van der Waals surface area contributed by atoms with Crippen molar-refractivity contribution in [1.82, 2.24) is 4.57 Å². The molecule has 14 rings (SSSR count). The Labute approximate surface area is 411 Å². The van der Waals surface area contributed by atoms with Gasteiger partial charge in [-0.25, -0.2) is 0 Å². The van der Waals surface area contributed by atoms with Crippen LogP contribution in [-0.4, -0.2) is 4.57 Å². The van der Waals surface area contributed by atoms with E-state index in [0.29, 0.717) is 0 Å². The standard InChI is InChI=1S/C68H44N2O/c1-2-16-47(17-3-1)62-44-52(51-32-31-45-15-4-5-19-49(45)41-51)36-40-65(62)69(55-22-13-21-53(43-55)57-27-14-30-66-67(57)61-39-35-48-18-6-7-24-58(48)68(61)71-66)54-37-33-46(34-38-54)50-20-12-23-56(42-50)70-63-28-10-8-25-59(63)60-26-9-11-29-64(60)70/h1-44H. The molecular weight excluding hydrogens is 861 g/mol. The third-order valence-electron chi connectivity index (χ3n) is 14.4.